The summed E-state index contributed by atoms with van der Waals surface area (Å²) in [6, 6.07) is 0. The Morgan fingerprint density at radius 2 is 1.72 bits per heavy atom. The van der Waals surface area contributed by atoms with Gasteiger partial charge in [0.15, 0.2) is 0 Å². The van der Waals surface area contributed by atoms with E-state index < -0.39 is 6.85 Å². The van der Waals surface area contributed by atoms with Crippen molar-refractivity contribution in [2.45, 2.75) is 53.3 Å². The van der Waals surface area contributed by atoms with E-state index in [4.69, 9.17) is 4.11 Å². The highest BCUT2D eigenvalue weighted by Crippen LogP contribution is 2.11. The summed E-state index contributed by atoms with van der Waals surface area (Å²) < 4.78 is 26.3. The highest BCUT2D eigenvalue weighted by atomic mass is 16.5. The van der Waals surface area contributed by atoms with Crippen molar-refractivity contribution >= 4 is 5.97 Å². The summed E-state index contributed by atoms with van der Waals surface area (Å²) in [4.78, 5) is 11.0. The predicted octanol–water partition coefficient (Wildman–Crippen LogP) is 4.58. The zero-order chi connectivity index (χ0) is 16.5. The van der Waals surface area contributed by atoms with Gasteiger partial charge in [-0.1, -0.05) is 28.9 Å². The monoisotopic (exact) mass is 253 g/mol. The van der Waals surface area contributed by atoms with Crippen molar-refractivity contribution in [1.82, 2.24) is 0 Å². The smallest absolute Gasteiger partial charge is 0.330 e. The van der Waals surface area contributed by atoms with Crippen LogP contribution in [0, 0.1) is 0 Å². The Kier molecular flexibility index (Phi) is 6.33. The lowest BCUT2D eigenvalue weighted by Gasteiger charge is -2.01. The maximum absolute atomic E-state index is 11.0. The Bertz CT molecular complexity index is 429. The zero-order valence-electron chi connectivity index (χ0n) is 14.9. The third-order valence-electron chi connectivity index (χ3n) is 2.59. The Morgan fingerprint density at radius 1 is 1.11 bits per heavy atom. The van der Waals surface area contributed by atoms with Crippen LogP contribution in [0.2, 0.25) is 0 Å². The summed E-state index contributed by atoms with van der Waals surface area (Å²) >= 11 is 0. The summed E-state index contributed by atoms with van der Waals surface area (Å²) in [7, 11) is 1.37. The maximum Gasteiger partial charge on any atom is 0.330 e. The number of carbonyl (C=O) groups is 1. The van der Waals surface area contributed by atoms with E-state index in [9.17, 15) is 4.79 Å². The van der Waals surface area contributed by atoms with Crippen LogP contribution < -0.4 is 0 Å². The van der Waals surface area contributed by atoms with Crippen LogP contribution in [-0.2, 0) is 9.53 Å². The fraction of sp³-hybridized carbons (Fsp3) is 0.562. The number of ether oxygens (including phenoxy) is 1. The second-order valence-corrected chi connectivity index (χ2v) is 4.53. The molecule has 0 spiro atoms. The average molecular weight is 253 g/mol. The second-order valence-electron chi connectivity index (χ2n) is 4.53. The number of rotatable bonds is 7. The molecule has 18 heavy (non-hydrogen) atoms. The fourth-order valence-electron chi connectivity index (χ4n) is 1.50. The van der Waals surface area contributed by atoms with Crippen LogP contribution in [0.25, 0.3) is 0 Å². The van der Waals surface area contributed by atoms with Crippen LogP contribution in [0.15, 0.2) is 34.9 Å². The maximum atomic E-state index is 11.0. The van der Waals surface area contributed by atoms with E-state index in [1.807, 2.05) is 13.8 Å². The molecule has 0 radical (unpaired) electrons. The standard InChI is InChI=1S/C16H26O2/c1-13(2)8-6-9-14(3)10-7-11-15(4)12-16(17)18-5/h8,10,12H,6-7,9,11H2,1-5H3/i1D3. The Labute approximate surface area is 116 Å². The Balaban J connectivity index is 4.17. The van der Waals surface area contributed by atoms with Crippen molar-refractivity contribution in [2.24, 2.45) is 0 Å². The van der Waals surface area contributed by atoms with Gasteiger partial charge in [-0.2, -0.15) is 0 Å². The number of hydrogen-bond donors (Lipinski definition) is 0. The lowest BCUT2D eigenvalue weighted by atomic mass is 10.1. The van der Waals surface area contributed by atoms with Gasteiger partial charge in [0.05, 0.1) is 7.11 Å². The molecule has 0 aliphatic heterocycles. The number of allylic oxidation sites excluding steroid dienone is 5. The van der Waals surface area contributed by atoms with E-state index in [0.717, 1.165) is 31.3 Å². The molecule has 0 aromatic carbocycles. The average Bonchev–Trinajstić information content (AvgIpc) is 2.37. The third-order valence-corrected chi connectivity index (χ3v) is 2.59. The first kappa shape index (κ1) is 11.8. The molecule has 0 bridgehead atoms. The first-order valence-electron chi connectivity index (χ1n) is 7.74. The lowest BCUT2D eigenvalue weighted by molar-refractivity contribution is -0.134. The minimum absolute atomic E-state index is 0.321. The molecule has 2 nitrogen and oxygen atoms in total. The van der Waals surface area contributed by atoms with E-state index in [1.165, 1.54) is 18.8 Å². The minimum atomic E-state index is -1.98. The van der Waals surface area contributed by atoms with Crippen molar-refractivity contribution in [2.75, 3.05) is 7.11 Å². The van der Waals surface area contributed by atoms with Crippen molar-refractivity contribution in [3.8, 4) is 0 Å². The van der Waals surface area contributed by atoms with Gasteiger partial charge in [0, 0.05) is 10.2 Å². The van der Waals surface area contributed by atoms with Gasteiger partial charge in [0.2, 0.25) is 0 Å². The molecular weight excluding hydrogens is 224 g/mol. The molecule has 0 aliphatic carbocycles. The molecule has 0 N–H and O–H groups in total. The van der Waals surface area contributed by atoms with E-state index in [1.54, 1.807) is 13.0 Å². The van der Waals surface area contributed by atoms with Gasteiger partial charge in [0.25, 0.3) is 0 Å². The molecule has 0 amide bonds. The van der Waals surface area contributed by atoms with Gasteiger partial charge in [-0.25, -0.2) is 4.79 Å². The van der Waals surface area contributed by atoms with E-state index in [2.05, 4.69) is 10.8 Å². The third kappa shape index (κ3) is 9.88. The molecule has 0 heterocycles. The first-order chi connectivity index (χ1) is 9.66. The van der Waals surface area contributed by atoms with Crippen molar-refractivity contribution in [1.29, 1.82) is 0 Å². The van der Waals surface area contributed by atoms with Gasteiger partial charge in [0.1, 0.15) is 0 Å². The minimum Gasteiger partial charge on any atom is -0.466 e. The summed E-state index contributed by atoms with van der Waals surface area (Å²) in [5.74, 6) is -0.321. The van der Waals surface area contributed by atoms with E-state index in [-0.39, 0.29) is 5.97 Å². The number of methoxy groups -OCH3 is 1. The van der Waals surface area contributed by atoms with Crippen molar-refractivity contribution < 1.29 is 13.6 Å². The summed E-state index contributed by atoms with van der Waals surface area (Å²) in [6.07, 6.45) is 8.70. The molecular formula is C16H26O2. The topological polar surface area (TPSA) is 26.3 Å². The molecule has 0 rings (SSSR count). The molecule has 0 aromatic heterocycles. The normalized spacial score (nSPS) is 16.9. The summed E-state index contributed by atoms with van der Waals surface area (Å²) in [5.41, 5.74) is 2.67. The van der Waals surface area contributed by atoms with Crippen LogP contribution in [0.5, 0.6) is 0 Å². The lowest BCUT2D eigenvalue weighted by Crippen LogP contribution is -1.95. The number of carbonyl (C=O) groups excluding carboxylic acids is 1. The molecule has 0 unspecified atom stereocenters. The summed E-state index contributed by atoms with van der Waals surface area (Å²) in [6.45, 7) is 3.61. The SMILES string of the molecule is [2H]C([2H])([2H])C(C)=CCCC(C)=CCCC(C)=CC(=O)OC. The molecule has 0 atom stereocenters. The van der Waals surface area contributed by atoms with Gasteiger partial charge in [-0.3, -0.25) is 0 Å². The fourth-order valence-corrected chi connectivity index (χ4v) is 1.50. The predicted molar refractivity (Wildman–Crippen MR) is 77.4 cm³/mol. The van der Waals surface area contributed by atoms with Crippen LogP contribution in [-0.4, -0.2) is 13.1 Å². The van der Waals surface area contributed by atoms with Crippen LogP contribution >= 0.6 is 0 Å². The van der Waals surface area contributed by atoms with E-state index >= 15 is 0 Å². The zero-order valence-corrected chi connectivity index (χ0v) is 11.9. The Hall–Kier alpha value is -1.31. The number of esters is 1. The largest absolute Gasteiger partial charge is 0.466 e. The molecule has 0 aromatic rings. The Morgan fingerprint density at radius 3 is 2.33 bits per heavy atom. The molecule has 102 valence electrons. The van der Waals surface area contributed by atoms with Crippen LogP contribution in [0.3, 0.4) is 0 Å². The van der Waals surface area contributed by atoms with E-state index in [0.29, 0.717) is 5.57 Å². The molecule has 0 aliphatic rings. The van der Waals surface area contributed by atoms with Crippen LogP contribution in [0.1, 0.15) is 57.4 Å². The van der Waals surface area contributed by atoms with Crippen molar-refractivity contribution in [3.05, 3.63) is 34.9 Å². The van der Waals surface area contributed by atoms with Gasteiger partial charge in [-0.05, 0) is 53.3 Å². The number of hydrogen-bond acceptors (Lipinski definition) is 2. The molecule has 2 heteroatoms. The highest BCUT2D eigenvalue weighted by molar-refractivity contribution is 5.82. The van der Waals surface area contributed by atoms with Crippen LogP contribution in [0.4, 0.5) is 0 Å². The molecule has 0 fully saturated rings. The van der Waals surface area contributed by atoms with Crippen molar-refractivity contribution in [3.63, 3.8) is 0 Å². The summed E-state index contributed by atoms with van der Waals surface area (Å²) in [5, 5.41) is 0. The second kappa shape index (κ2) is 9.69. The van der Waals surface area contributed by atoms with Gasteiger partial charge < -0.3 is 4.74 Å². The molecule has 0 saturated heterocycles. The highest BCUT2D eigenvalue weighted by Gasteiger charge is 1.96. The van der Waals surface area contributed by atoms with Gasteiger partial charge in [-0.15, -0.1) is 0 Å². The molecule has 0 saturated carbocycles. The van der Waals surface area contributed by atoms with Gasteiger partial charge >= 0.3 is 5.97 Å². The quantitative estimate of drug-likeness (QED) is 0.377. The first-order valence-corrected chi connectivity index (χ1v) is 6.24.